The Labute approximate surface area is 92.2 Å². The van der Waals surface area contributed by atoms with Crippen LogP contribution in [0.3, 0.4) is 0 Å². The van der Waals surface area contributed by atoms with Gasteiger partial charge in [0.2, 0.25) is 5.78 Å². The third-order valence-corrected chi connectivity index (χ3v) is 2.65. The molecule has 2 rings (SSSR count). The molecule has 1 aromatic rings. The second-order valence-corrected chi connectivity index (χ2v) is 3.68. The standard InChI is InChI=1S/C12H11FO3/c1-2-16-11(15)12(13)7-8-5-3-4-6-9(8)10(12)14/h3-6H,2,7H2,1H3/t12-/m1/s1. The number of ketones is 1. The highest BCUT2D eigenvalue weighted by Crippen LogP contribution is 2.34. The van der Waals surface area contributed by atoms with Crippen LogP contribution < -0.4 is 0 Å². The number of fused-ring (bicyclic) bond motifs is 1. The fourth-order valence-corrected chi connectivity index (χ4v) is 1.86. The summed E-state index contributed by atoms with van der Waals surface area (Å²) in [4.78, 5) is 23.2. The van der Waals surface area contributed by atoms with Crippen LogP contribution in [0.1, 0.15) is 22.8 Å². The van der Waals surface area contributed by atoms with E-state index in [4.69, 9.17) is 0 Å². The lowest BCUT2D eigenvalue weighted by Gasteiger charge is -2.14. The van der Waals surface area contributed by atoms with E-state index >= 15 is 0 Å². The topological polar surface area (TPSA) is 43.4 Å². The molecule has 0 amide bonds. The average molecular weight is 222 g/mol. The van der Waals surface area contributed by atoms with Crippen LogP contribution >= 0.6 is 0 Å². The molecule has 4 heteroatoms. The summed E-state index contributed by atoms with van der Waals surface area (Å²) in [7, 11) is 0. The molecule has 0 saturated heterocycles. The van der Waals surface area contributed by atoms with Gasteiger partial charge in [-0.25, -0.2) is 9.18 Å². The molecule has 1 aliphatic rings. The number of halogens is 1. The minimum atomic E-state index is -2.53. The Bertz CT molecular complexity index is 455. The van der Waals surface area contributed by atoms with Gasteiger partial charge >= 0.3 is 5.97 Å². The number of ether oxygens (including phenoxy) is 1. The van der Waals surface area contributed by atoms with Crippen LogP contribution in [0.15, 0.2) is 24.3 Å². The second kappa shape index (κ2) is 3.70. The Morgan fingerprint density at radius 2 is 2.19 bits per heavy atom. The van der Waals surface area contributed by atoms with Gasteiger partial charge in [0.25, 0.3) is 5.67 Å². The first-order chi connectivity index (χ1) is 7.59. The predicted octanol–water partition coefficient (Wildman–Crippen LogP) is 1.70. The first kappa shape index (κ1) is 10.8. The summed E-state index contributed by atoms with van der Waals surface area (Å²) >= 11 is 0. The van der Waals surface area contributed by atoms with Gasteiger partial charge in [-0.3, -0.25) is 4.79 Å². The summed E-state index contributed by atoms with van der Waals surface area (Å²) in [6.07, 6.45) is -0.221. The Kier molecular flexibility index (Phi) is 2.50. The molecule has 84 valence electrons. The lowest BCUT2D eigenvalue weighted by Crippen LogP contribution is -2.41. The first-order valence-corrected chi connectivity index (χ1v) is 5.08. The van der Waals surface area contributed by atoms with Crippen molar-refractivity contribution in [2.24, 2.45) is 0 Å². The summed E-state index contributed by atoms with van der Waals surface area (Å²) in [5.74, 6) is -1.88. The largest absolute Gasteiger partial charge is 0.463 e. The fourth-order valence-electron chi connectivity index (χ4n) is 1.86. The Morgan fingerprint density at radius 3 is 2.81 bits per heavy atom. The molecule has 1 atom stereocenters. The molecule has 1 aliphatic carbocycles. The zero-order chi connectivity index (χ0) is 11.8. The van der Waals surface area contributed by atoms with E-state index in [9.17, 15) is 14.0 Å². The molecule has 0 aromatic heterocycles. The lowest BCUT2D eigenvalue weighted by atomic mass is 10.0. The van der Waals surface area contributed by atoms with Gasteiger partial charge in [-0.1, -0.05) is 24.3 Å². The molecule has 0 radical (unpaired) electrons. The summed E-state index contributed by atoms with van der Waals surface area (Å²) in [6.45, 7) is 1.64. The minimum Gasteiger partial charge on any atom is -0.463 e. The number of rotatable bonds is 2. The normalized spacial score (nSPS) is 23.0. The Morgan fingerprint density at radius 1 is 1.50 bits per heavy atom. The lowest BCUT2D eigenvalue weighted by molar-refractivity contribution is -0.153. The molecule has 3 nitrogen and oxygen atoms in total. The number of hydrogen-bond donors (Lipinski definition) is 0. The molecule has 0 N–H and O–H groups in total. The number of hydrogen-bond acceptors (Lipinski definition) is 3. The Balaban J connectivity index is 2.37. The van der Waals surface area contributed by atoms with Crippen molar-refractivity contribution in [2.45, 2.75) is 19.0 Å². The minimum absolute atomic E-state index is 0.0636. The number of benzene rings is 1. The van der Waals surface area contributed by atoms with Crippen molar-refractivity contribution in [3.8, 4) is 0 Å². The van der Waals surface area contributed by atoms with Crippen molar-refractivity contribution in [3.05, 3.63) is 35.4 Å². The molecule has 0 spiro atoms. The van der Waals surface area contributed by atoms with Gasteiger partial charge in [0.05, 0.1) is 6.61 Å². The average Bonchev–Trinajstić information content (AvgIpc) is 2.54. The van der Waals surface area contributed by atoms with E-state index in [0.717, 1.165) is 0 Å². The molecular weight excluding hydrogens is 211 g/mol. The van der Waals surface area contributed by atoms with Crippen molar-refractivity contribution in [3.63, 3.8) is 0 Å². The quantitative estimate of drug-likeness (QED) is 0.565. The molecule has 0 heterocycles. The summed E-state index contributed by atoms with van der Waals surface area (Å²) < 4.78 is 18.9. The second-order valence-electron chi connectivity index (χ2n) is 3.68. The highest BCUT2D eigenvalue weighted by Gasteiger charge is 2.53. The third-order valence-electron chi connectivity index (χ3n) is 2.65. The van der Waals surface area contributed by atoms with Crippen LogP contribution in [0.25, 0.3) is 0 Å². The van der Waals surface area contributed by atoms with Gasteiger partial charge in [0, 0.05) is 12.0 Å². The van der Waals surface area contributed by atoms with E-state index in [1.807, 2.05) is 0 Å². The molecule has 0 fully saturated rings. The zero-order valence-corrected chi connectivity index (χ0v) is 8.83. The number of alkyl halides is 1. The van der Waals surface area contributed by atoms with Crippen LogP contribution in [0.5, 0.6) is 0 Å². The highest BCUT2D eigenvalue weighted by molar-refractivity contribution is 6.18. The van der Waals surface area contributed by atoms with Gasteiger partial charge in [-0.05, 0) is 12.5 Å². The van der Waals surface area contributed by atoms with E-state index in [0.29, 0.717) is 5.56 Å². The van der Waals surface area contributed by atoms with Crippen molar-refractivity contribution in [1.82, 2.24) is 0 Å². The number of carbonyl (C=O) groups excluding carboxylic acids is 2. The van der Waals surface area contributed by atoms with E-state index < -0.39 is 17.4 Å². The summed E-state index contributed by atoms with van der Waals surface area (Å²) in [6, 6.07) is 6.53. The van der Waals surface area contributed by atoms with Gasteiger partial charge in [-0.2, -0.15) is 0 Å². The molecule has 1 aromatic carbocycles. The number of Topliss-reactive ketones (excluding diaryl/α,β-unsaturated/α-hetero) is 1. The summed E-state index contributed by atoms with van der Waals surface area (Å²) in [5.41, 5.74) is -1.69. The highest BCUT2D eigenvalue weighted by atomic mass is 19.1. The van der Waals surface area contributed by atoms with Crippen molar-refractivity contribution >= 4 is 11.8 Å². The van der Waals surface area contributed by atoms with Gasteiger partial charge in [-0.15, -0.1) is 0 Å². The number of esters is 1. The van der Waals surface area contributed by atoms with Crippen molar-refractivity contribution < 1.29 is 18.7 Å². The van der Waals surface area contributed by atoms with Crippen LogP contribution in [0.2, 0.25) is 0 Å². The Hall–Kier alpha value is -1.71. The van der Waals surface area contributed by atoms with E-state index in [2.05, 4.69) is 4.74 Å². The van der Waals surface area contributed by atoms with E-state index in [-0.39, 0.29) is 18.6 Å². The van der Waals surface area contributed by atoms with Crippen molar-refractivity contribution in [2.75, 3.05) is 6.61 Å². The molecule has 0 saturated carbocycles. The summed E-state index contributed by atoms with van der Waals surface area (Å²) in [5, 5.41) is 0. The maximum absolute atomic E-state index is 14.3. The number of carbonyl (C=O) groups is 2. The predicted molar refractivity (Wildman–Crippen MR) is 54.9 cm³/mol. The fraction of sp³-hybridized carbons (Fsp3) is 0.333. The van der Waals surface area contributed by atoms with Gasteiger partial charge in [0.1, 0.15) is 0 Å². The molecule has 0 aliphatic heterocycles. The molecule has 16 heavy (non-hydrogen) atoms. The van der Waals surface area contributed by atoms with Crippen LogP contribution in [0, 0.1) is 0 Å². The van der Waals surface area contributed by atoms with E-state index in [1.54, 1.807) is 25.1 Å². The maximum Gasteiger partial charge on any atom is 0.352 e. The maximum atomic E-state index is 14.3. The SMILES string of the molecule is CCOC(=O)[C@@]1(F)Cc2ccccc2C1=O. The van der Waals surface area contributed by atoms with Gasteiger partial charge < -0.3 is 4.74 Å². The van der Waals surface area contributed by atoms with Crippen LogP contribution in [0.4, 0.5) is 4.39 Å². The smallest absolute Gasteiger partial charge is 0.352 e. The van der Waals surface area contributed by atoms with Crippen LogP contribution in [-0.2, 0) is 16.0 Å². The molecular formula is C12H11FO3. The first-order valence-electron chi connectivity index (χ1n) is 5.08. The molecule has 0 bridgehead atoms. The molecule has 0 unspecified atom stereocenters. The van der Waals surface area contributed by atoms with Gasteiger partial charge in [0.15, 0.2) is 0 Å². The van der Waals surface area contributed by atoms with Crippen molar-refractivity contribution in [1.29, 1.82) is 0 Å². The zero-order valence-electron chi connectivity index (χ0n) is 8.83. The third kappa shape index (κ3) is 1.41. The monoisotopic (exact) mass is 222 g/mol. The van der Waals surface area contributed by atoms with Crippen LogP contribution in [-0.4, -0.2) is 24.0 Å². The van der Waals surface area contributed by atoms with E-state index in [1.165, 1.54) is 6.07 Å².